The van der Waals surface area contributed by atoms with Gasteiger partial charge in [-0.05, 0) is 56.1 Å². The molecule has 0 radical (unpaired) electrons. The van der Waals surface area contributed by atoms with Gasteiger partial charge in [0.1, 0.15) is 5.78 Å². The molecular formula is C17H26N2OS. The van der Waals surface area contributed by atoms with E-state index in [1.165, 1.54) is 5.56 Å². The van der Waals surface area contributed by atoms with Crippen molar-refractivity contribution in [2.45, 2.75) is 52.4 Å². The van der Waals surface area contributed by atoms with Crippen molar-refractivity contribution in [1.29, 1.82) is 0 Å². The average Bonchev–Trinajstić information content (AvgIpc) is 2.45. The van der Waals surface area contributed by atoms with Crippen molar-refractivity contribution in [3.05, 3.63) is 29.8 Å². The third kappa shape index (κ3) is 8.45. The molecule has 3 nitrogen and oxygen atoms in total. The van der Waals surface area contributed by atoms with E-state index in [9.17, 15) is 4.79 Å². The first-order chi connectivity index (χ1) is 10.1. The van der Waals surface area contributed by atoms with Crippen LogP contribution in [0.25, 0.3) is 0 Å². The highest BCUT2D eigenvalue weighted by Crippen LogP contribution is 2.10. The van der Waals surface area contributed by atoms with Crippen LogP contribution in [0.4, 0.5) is 5.69 Å². The molecule has 0 aliphatic carbocycles. The molecule has 1 rings (SSSR count). The van der Waals surface area contributed by atoms with Crippen molar-refractivity contribution in [3.63, 3.8) is 0 Å². The van der Waals surface area contributed by atoms with Crippen LogP contribution in [0.3, 0.4) is 0 Å². The molecule has 0 amide bonds. The lowest BCUT2D eigenvalue weighted by Gasteiger charge is -2.11. The Hall–Kier alpha value is -1.42. The topological polar surface area (TPSA) is 41.1 Å². The molecule has 2 N–H and O–H groups in total. The van der Waals surface area contributed by atoms with Crippen LogP contribution in [0, 0.1) is 0 Å². The number of carbonyl (C=O) groups is 1. The highest BCUT2D eigenvalue weighted by Gasteiger charge is 1.98. The monoisotopic (exact) mass is 306 g/mol. The molecule has 0 heterocycles. The number of rotatable bonds is 9. The number of ketones is 1. The Balaban J connectivity index is 2.16. The van der Waals surface area contributed by atoms with Gasteiger partial charge in [0.15, 0.2) is 5.11 Å². The summed E-state index contributed by atoms with van der Waals surface area (Å²) in [6.07, 6.45) is 6.02. The normalized spacial score (nSPS) is 10.2. The van der Waals surface area contributed by atoms with Crippen molar-refractivity contribution in [3.8, 4) is 0 Å². The lowest BCUT2D eigenvalue weighted by atomic mass is 10.1. The summed E-state index contributed by atoms with van der Waals surface area (Å²) in [7, 11) is 0. The predicted molar refractivity (Wildman–Crippen MR) is 93.8 cm³/mol. The molecule has 0 saturated carbocycles. The summed E-state index contributed by atoms with van der Waals surface area (Å²) >= 11 is 5.26. The standard InChI is InChI=1S/C17H26N2OS/c1-3-7-15-9-11-16(12-10-15)19-17(21)18-13-6-4-5-8-14(2)20/h9-12H,3-8,13H2,1-2H3,(H2,18,19,21). The zero-order valence-corrected chi connectivity index (χ0v) is 13.9. The van der Waals surface area contributed by atoms with Crippen LogP contribution in [0.15, 0.2) is 24.3 Å². The quantitative estimate of drug-likeness (QED) is 0.533. The van der Waals surface area contributed by atoms with Crippen LogP contribution >= 0.6 is 12.2 Å². The van der Waals surface area contributed by atoms with Crippen LogP contribution in [-0.2, 0) is 11.2 Å². The molecule has 4 heteroatoms. The van der Waals surface area contributed by atoms with E-state index in [1.54, 1.807) is 6.92 Å². The number of Topliss-reactive ketones (excluding diaryl/α,β-unsaturated/α-hetero) is 1. The smallest absolute Gasteiger partial charge is 0.170 e. The van der Waals surface area contributed by atoms with Crippen LogP contribution in [0.5, 0.6) is 0 Å². The third-order valence-corrected chi connectivity index (χ3v) is 3.49. The van der Waals surface area contributed by atoms with Gasteiger partial charge in [0.2, 0.25) is 0 Å². The predicted octanol–water partition coefficient (Wildman–Crippen LogP) is 4.07. The first-order valence-electron chi connectivity index (χ1n) is 7.75. The summed E-state index contributed by atoms with van der Waals surface area (Å²) < 4.78 is 0. The van der Waals surface area contributed by atoms with E-state index in [0.29, 0.717) is 11.5 Å². The lowest BCUT2D eigenvalue weighted by molar-refractivity contribution is -0.117. The number of hydrogen-bond donors (Lipinski definition) is 2. The number of carbonyl (C=O) groups excluding carboxylic acids is 1. The molecule has 116 valence electrons. The SMILES string of the molecule is CCCc1ccc(NC(=S)NCCCCCC(C)=O)cc1. The summed E-state index contributed by atoms with van der Waals surface area (Å²) in [4.78, 5) is 10.8. The van der Waals surface area contributed by atoms with Gasteiger partial charge in [0, 0.05) is 18.7 Å². The molecule has 0 bridgehead atoms. The maximum atomic E-state index is 10.8. The Morgan fingerprint density at radius 2 is 1.86 bits per heavy atom. The molecule has 21 heavy (non-hydrogen) atoms. The average molecular weight is 306 g/mol. The first kappa shape index (κ1) is 17.6. The minimum atomic E-state index is 0.270. The molecule has 1 aromatic carbocycles. The Labute approximate surface area is 133 Å². The van der Waals surface area contributed by atoms with Crippen LogP contribution in [0.2, 0.25) is 0 Å². The minimum Gasteiger partial charge on any atom is -0.362 e. The maximum absolute atomic E-state index is 10.8. The highest BCUT2D eigenvalue weighted by atomic mass is 32.1. The summed E-state index contributed by atoms with van der Waals surface area (Å²) in [6.45, 7) is 4.67. The van der Waals surface area contributed by atoms with Gasteiger partial charge in [-0.2, -0.15) is 0 Å². The highest BCUT2D eigenvalue weighted by molar-refractivity contribution is 7.80. The molecule has 0 aliphatic rings. The maximum Gasteiger partial charge on any atom is 0.170 e. The Morgan fingerprint density at radius 1 is 1.14 bits per heavy atom. The number of aryl methyl sites for hydroxylation is 1. The van der Waals surface area contributed by atoms with Crippen molar-refractivity contribution in [2.24, 2.45) is 0 Å². The van der Waals surface area contributed by atoms with Gasteiger partial charge in [-0.3, -0.25) is 0 Å². The van der Waals surface area contributed by atoms with E-state index in [2.05, 4.69) is 41.8 Å². The Bertz CT molecular complexity index is 443. The zero-order valence-electron chi connectivity index (χ0n) is 13.1. The number of benzene rings is 1. The van der Waals surface area contributed by atoms with E-state index in [4.69, 9.17) is 12.2 Å². The fourth-order valence-corrected chi connectivity index (χ4v) is 2.32. The van der Waals surface area contributed by atoms with Crippen LogP contribution in [0.1, 0.15) is 51.5 Å². The van der Waals surface area contributed by atoms with E-state index >= 15 is 0 Å². The number of unbranched alkanes of at least 4 members (excludes halogenated alkanes) is 2. The van der Waals surface area contributed by atoms with Gasteiger partial charge >= 0.3 is 0 Å². The summed E-state index contributed by atoms with van der Waals surface area (Å²) in [5, 5.41) is 7.04. The third-order valence-electron chi connectivity index (χ3n) is 3.24. The van der Waals surface area contributed by atoms with Crippen molar-refractivity contribution in [2.75, 3.05) is 11.9 Å². The van der Waals surface area contributed by atoms with Crippen molar-refractivity contribution < 1.29 is 4.79 Å². The molecular weight excluding hydrogens is 280 g/mol. The molecule has 0 aliphatic heterocycles. The molecule has 0 spiro atoms. The second kappa shape index (κ2) is 10.3. The number of nitrogens with one attached hydrogen (secondary N) is 2. The first-order valence-corrected chi connectivity index (χ1v) is 8.16. The molecule has 0 unspecified atom stereocenters. The molecule has 0 atom stereocenters. The van der Waals surface area contributed by atoms with Gasteiger partial charge in [0.25, 0.3) is 0 Å². The van der Waals surface area contributed by atoms with Gasteiger partial charge in [-0.15, -0.1) is 0 Å². The van der Waals surface area contributed by atoms with E-state index < -0.39 is 0 Å². The fourth-order valence-electron chi connectivity index (χ4n) is 2.10. The summed E-state index contributed by atoms with van der Waals surface area (Å²) in [5.41, 5.74) is 2.37. The Morgan fingerprint density at radius 3 is 2.48 bits per heavy atom. The molecule has 0 aromatic heterocycles. The lowest BCUT2D eigenvalue weighted by Crippen LogP contribution is -2.29. The molecule has 1 aromatic rings. The van der Waals surface area contributed by atoms with Crippen molar-refractivity contribution in [1.82, 2.24) is 5.32 Å². The number of thiocarbonyl (C=S) groups is 1. The minimum absolute atomic E-state index is 0.270. The number of hydrogen-bond acceptors (Lipinski definition) is 2. The van der Waals surface area contributed by atoms with Crippen molar-refractivity contribution >= 4 is 28.8 Å². The van der Waals surface area contributed by atoms with E-state index in [1.807, 2.05) is 0 Å². The summed E-state index contributed by atoms with van der Waals surface area (Å²) in [6, 6.07) is 8.39. The Kier molecular flexibility index (Phi) is 8.67. The van der Waals surface area contributed by atoms with Crippen LogP contribution < -0.4 is 10.6 Å². The zero-order chi connectivity index (χ0) is 15.5. The molecule has 0 fully saturated rings. The van der Waals surface area contributed by atoms with E-state index in [0.717, 1.165) is 44.3 Å². The second-order valence-electron chi connectivity index (χ2n) is 5.34. The van der Waals surface area contributed by atoms with Gasteiger partial charge in [-0.1, -0.05) is 31.9 Å². The van der Waals surface area contributed by atoms with Gasteiger partial charge in [0.05, 0.1) is 0 Å². The molecule has 0 saturated heterocycles. The van der Waals surface area contributed by atoms with Crippen LogP contribution in [-0.4, -0.2) is 17.4 Å². The van der Waals surface area contributed by atoms with E-state index in [-0.39, 0.29) is 5.78 Å². The number of anilines is 1. The van der Waals surface area contributed by atoms with Gasteiger partial charge < -0.3 is 15.4 Å². The van der Waals surface area contributed by atoms with Gasteiger partial charge in [-0.25, -0.2) is 0 Å². The second-order valence-corrected chi connectivity index (χ2v) is 5.75. The summed E-state index contributed by atoms with van der Waals surface area (Å²) in [5.74, 6) is 0.270. The fraction of sp³-hybridized carbons (Fsp3) is 0.529. The largest absolute Gasteiger partial charge is 0.362 e.